The van der Waals surface area contributed by atoms with Gasteiger partial charge in [-0.15, -0.1) is 0 Å². The number of hydrogen-bond donors (Lipinski definition) is 0. The number of halogens is 2. The van der Waals surface area contributed by atoms with E-state index in [9.17, 15) is 4.79 Å². The zero-order valence-corrected chi connectivity index (χ0v) is 15.6. The van der Waals surface area contributed by atoms with Gasteiger partial charge in [-0.3, -0.25) is 4.99 Å². The number of alkyl halides is 1. The van der Waals surface area contributed by atoms with E-state index in [0.29, 0.717) is 11.6 Å². The Morgan fingerprint density at radius 1 is 1.30 bits per heavy atom. The normalized spacial score (nSPS) is 12.3. The molecule has 5 heteroatoms. The molecule has 0 N–H and O–H groups in total. The molecule has 0 spiro atoms. The zero-order valence-electron chi connectivity index (χ0n) is 12.7. The Morgan fingerprint density at radius 2 is 2.04 bits per heavy atom. The highest BCUT2D eigenvalue weighted by atomic mass is 127. The van der Waals surface area contributed by atoms with Crippen LogP contribution in [0.2, 0.25) is 5.02 Å². The van der Waals surface area contributed by atoms with Crippen molar-refractivity contribution in [3.05, 3.63) is 70.2 Å². The van der Waals surface area contributed by atoms with Crippen molar-refractivity contribution < 1.29 is 9.53 Å². The van der Waals surface area contributed by atoms with Gasteiger partial charge in [-0.05, 0) is 29.7 Å². The number of benzene rings is 2. The highest BCUT2D eigenvalue weighted by Gasteiger charge is 2.21. The number of aliphatic imine (C=N–C) groups is 1. The second-order valence-electron chi connectivity index (χ2n) is 4.83. The second-order valence-corrected chi connectivity index (χ2v) is 6.00. The van der Waals surface area contributed by atoms with E-state index in [2.05, 4.69) is 27.6 Å². The lowest BCUT2D eigenvalue weighted by molar-refractivity contribution is -0.144. The van der Waals surface area contributed by atoms with Gasteiger partial charge >= 0.3 is 5.97 Å². The zero-order chi connectivity index (χ0) is 16.7. The molecule has 0 saturated heterocycles. The largest absolute Gasteiger partial charge is 0.464 e. The summed E-state index contributed by atoms with van der Waals surface area (Å²) >= 11 is 8.52. The molecule has 2 rings (SSSR count). The molecule has 1 unspecified atom stereocenters. The van der Waals surface area contributed by atoms with Crippen molar-refractivity contribution in [2.24, 2.45) is 4.99 Å². The molecular formula is C18H17ClINO2. The van der Waals surface area contributed by atoms with Crippen LogP contribution >= 0.6 is 34.2 Å². The molecule has 0 fully saturated rings. The molecule has 3 nitrogen and oxygen atoms in total. The lowest BCUT2D eigenvalue weighted by atomic mass is 10.1. The van der Waals surface area contributed by atoms with Crippen LogP contribution in [0.15, 0.2) is 53.5 Å². The molecule has 0 amide bonds. The fraction of sp³-hybridized carbons (Fsp3) is 0.222. The molecule has 0 radical (unpaired) electrons. The molecule has 0 heterocycles. The minimum atomic E-state index is -0.712. The lowest BCUT2D eigenvalue weighted by Gasteiger charge is -2.13. The Kier molecular flexibility index (Phi) is 7.05. The maximum atomic E-state index is 12.3. The van der Waals surface area contributed by atoms with E-state index < -0.39 is 6.04 Å². The van der Waals surface area contributed by atoms with Crippen molar-refractivity contribution in [1.29, 1.82) is 0 Å². The third-order valence-electron chi connectivity index (χ3n) is 3.22. The Bertz CT molecular complexity index is 689. The van der Waals surface area contributed by atoms with Crippen LogP contribution in [-0.4, -0.2) is 18.8 Å². The van der Waals surface area contributed by atoms with Crippen LogP contribution in [0.25, 0.3) is 0 Å². The molecule has 0 bridgehead atoms. The summed E-state index contributed by atoms with van der Waals surface area (Å²) in [5.41, 5.74) is 2.69. The van der Waals surface area contributed by atoms with Gasteiger partial charge in [-0.25, -0.2) is 4.79 Å². The van der Waals surface area contributed by atoms with Gasteiger partial charge < -0.3 is 4.74 Å². The average molecular weight is 442 g/mol. The van der Waals surface area contributed by atoms with Crippen molar-refractivity contribution in [2.75, 3.05) is 6.61 Å². The second kappa shape index (κ2) is 9.03. The average Bonchev–Trinajstić information content (AvgIpc) is 2.56. The smallest absolute Gasteiger partial charge is 0.335 e. The number of hydrogen-bond acceptors (Lipinski definition) is 3. The van der Waals surface area contributed by atoms with Crippen molar-refractivity contribution >= 4 is 46.4 Å². The van der Waals surface area contributed by atoms with Gasteiger partial charge in [0.1, 0.15) is 0 Å². The number of rotatable bonds is 6. The maximum absolute atomic E-state index is 12.3. The summed E-state index contributed by atoms with van der Waals surface area (Å²) in [7, 11) is 0. The summed E-state index contributed by atoms with van der Waals surface area (Å²) in [6.45, 7) is 2.10. The SMILES string of the molecule is CCOC(=O)C(N=Cc1ccccc1)c1ccc(CI)c(Cl)c1. The Morgan fingerprint density at radius 3 is 2.65 bits per heavy atom. The highest BCUT2D eigenvalue weighted by Crippen LogP contribution is 2.26. The first-order valence-corrected chi connectivity index (χ1v) is 9.15. The number of esters is 1. The number of nitrogens with zero attached hydrogens (tertiary/aromatic N) is 1. The molecule has 0 aliphatic rings. The van der Waals surface area contributed by atoms with Gasteiger partial charge in [0.15, 0.2) is 6.04 Å². The summed E-state index contributed by atoms with van der Waals surface area (Å²) in [4.78, 5) is 16.7. The van der Waals surface area contributed by atoms with Crippen LogP contribution in [0.3, 0.4) is 0 Å². The van der Waals surface area contributed by atoms with Crippen LogP contribution < -0.4 is 0 Å². The van der Waals surface area contributed by atoms with Crippen LogP contribution in [0.4, 0.5) is 0 Å². The molecule has 120 valence electrons. The Labute approximate surface area is 154 Å². The quantitative estimate of drug-likeness (QED) is 0.274. The van der Waals surface area contributed by atoms with Crippen molar-refractivity contribution in [2.45, 2.75) is 17.4 Å². The van der Waals surface area contributed by atoms with E-state index in [-0.39, 0.29) is 5.97 Å². The monoisotopic (exact) mass is 441 g/mol. The topological polar surface area (TPSA) is 38.7 Å². The summed E-state index contributed by atoms with van der Waals surface area (Å²) in [5.74, 6) is -0.377. The minimum Gasteiger partial charge on any atom is -0.464 e. The summed E-state index contributed by atoms with van der Waals surface area (Å²) in [6.07, 6.45) is 1.68. The van der Waals surface area contributed by atoms with Crippen molar-refractivity contribution in [3.63, 3.8) is 0 Å². The molecule has 0 aliphatic carbocycles. The van der Waals surface area contributed by atoms with Gasteiger partial charge in [0, 0.05) is 15.7 Å². The first-order valence-electron chi connectivity index (χ1n) is 7.24. The molecule has 0 saturated carbocycles. The number of carbonyl (C=O) groups is 1. The highest BCUT2D eigenvalue weighted by molar-refractivity contribution is 14.1. The van der Waals surface area contributed by atoms with E-state index >= 15 is 0 Å². The summed E-state index contributed by atoms with van der Waals surface area (Å²) in [6, 6.07) is 14.5. The maximum Gasteiger partial charge on any atom is 0.335 e. The minimum absolute atomic E-state index is 0.315. The van der Waals surface area contributed by atoms with Crippen LogP contribution in [0.1, 0.15) is 29.7 Å². The Hall–Kier alpha value is -1.40. The molecule has 2 aromatic rings. The summed E-state index contributed by atoms with van der Waals surface area (Å²) in [5, 5.41) is 0.640. The van der Waals surface area contributed by atoms with Gasteiger partial charge in [-0.2, -0.15) is 0 Å². The van der Waals surface area contributed by atoms with Crippen LogP contribution in [-0.2, 0) is 14.0 Å². The van der Waals surface area contributed by atoms with E-state index in [1.807, 2.05) is 42.5 Å². The standard InChI is InChI=1S/C18H17ClINO2/c1-2-23-18(22)17(21-12-13-6-4-3-5-7-13)14-8-9-15(11-20)16(19)10-14/h3-10,12,17H,2,11H2,1H3. The van der Waals surface area contributed by atoms with E-state index in [1.165, 1.54) is 0 Å². The lowest BCUT2D eigenvalue weighted by Crippen LogP contribution is -2.14. The van der Waals surface area contributed by atoms with Crippen LogP contribution in [0.5, 0.6) is 0 Å². The van der Waals surface area contributed by atoms with Gasteiger partial charge in [-0.1, -0.05) is 76.7 Å². The van der Waals surface area contributed by atoms with Crippen molar-refractivity contribution in [3.8, 4) is 0 Å². The van der Waals surface area contributed by atoms with E-state index in [0.717, 1.165) is 21.1 Å². The Balaban J connectivity index is 2.32. The van der Waals surface area contributed by atoms with Gasteiger partial charge in [0.2, 0.25) is 0 Å². The third-order valence-corrected chi connectivity index (χ3v) is 4.39. The van der Waals surface area contributed by atoms with Gasteiger partial charge in [0.25, 0.3) is 0 Å². The molecule has 23 heavy (non-hydrogen) atoms. The summed E-state index contributed by atoms with van der Waals surface area (Å²) < 4.78 is 5.96. The van der Waals surface area contributed by atoms with E-state index in [4.69, 9.17) is 16.3 Å². The van der Waals surface area contributed by atoms with Gasteiger partial charge in [0.05, 0.1) is 6.61 Å². The predicted octanol–water partition coefficient (Wildman–Crippen LogP) is 5.00. The molecule has 2 aromatic carbocycles. The first-order chi connectivity index (χ1) is 11.2. The molecule has 0 aromatic heterocycles. The third kappa shape index (κ3) is 5.04. The predicted molar refractivity (Wildman–Crippen MR) is 103 cm³/mol. The molecule has 1 atom stereocenters. The number of carbonyl (C=O) groups excluding carboxylic acids is 1. The van der Waals surface area contributed by atoms with Crippen molar-refractivity contribution in [1.82, 2.24) is 0 Å². The fourth-order valence-electron chi connectivity index (χ4n) is 2.05. The first kappa shape index (κ1) is 17.9. The fourth-order valence-corrected chi connectivity index (χ4v) is 3.19. The molecule has 0 aliphatic heterocycles. The van der Waals surface area contributed by atoms with E-state index in [1.54, 1.807) is 19.2 Å². The van der Waals surface area contributed by atoms with Crippen LogP contribution in [0, 0.1) is 0 Å². The number of ether oxygens (including phenoxy) is 1. The molecular weight excluding hydrogens is 425 g/mol.